The second kappa shape index (κ2) is 5.69. The minimum atomic E-state index is 0.532. The predicted molar refractivity (Wildman–Crippen MR) is 77.3 cm³/mol. The van der Waals surface area contributed by atoms with Gasteiger partial charge in [0.25, 0.3) is 0 Å². The average molecular weight is 254 g/mol. The summed E-state index contributed by atoms with van der Waals surface area (Å²) >= 11 is 0. The lowest BCUT2D eigenvalue weighted by atomic mass is 10.0. The number of hydrogen-bond donors (Lipinski definition) is 1. The molecule has 0 atom stereocenters. The first kappa shape index (κ1) is 12.0. The van der Waals surface area contributed by atoms with Crippen molar-refractivity contribution in [2.75, 3.05) is 23.3 Å². The van der Waals surface area contributed by atoms with Crippen LogP contribution < -0.4 is 10.2 Å². The zero-order valence-corrected chi connectivity index (χ0v) is 10.9. The highest BCUT2D eigenvalue weighted by Crippen LogP contribution is 2.19. The summed E-state index contributed by atoms with van der Waals surface area (Å²) in [6.45, 7) is 2.10. The van der Waals surface area contributed by atoms with Gasteiger partial charge in [0.15, 0.2) is 0 Å². The second-order valence-corrected chi connectivity index (χ2v) is 4.84. The van der Waals surface area contributed by atoms with E-state index < -0.39 is 0 Å². The van der Waals surface area contributed by atoms with Crippen LogP contribution in [-0.4, -0.2) is 29.1 Å². The molecule has 0 unspecified atom stereocenters. The fraction of sp³-hybridized carbons (Fsp3) is 0.333. The Bertz CT molecular complexity index is 492. The Morgan fingerprint density at radius 3 is 2.63 bits per heavy atom. The van der Waals surface area contributed by atoms with Crippen LogP contribution in [0.15, 0.2) is 48.9 Å². The molecule has 0 aromatic carbocycles. The lowest BCUT2D eigenvalue weighted by Crippen LogP contribution is -2.39. The van der Waals surface area contributed by atoms with Crippen LogP contribution in [0.2, 0.25) is 0 Å². The van der Waals surface area contributed by atoms with E-state index in [-0.39, 0.29) is 0 Å². The van der Waals surface area contributed by atoms with Gasteiger partial charge in [-0.3, -0.25) is 4.98 Å². The van der Waals surface area contributed by atoms with Gasteiger partial charge in [0, 0.05) is 37.7 Å². The lowest BCUT2D eigenvalue weighted by molar-refractivity contribution is 0.523. The molecule has 98 valence electrons. The summed E-state index contributed by atoms with van der Waals surface area (Å²) in [7, 11) is 0. The third-order valence-corrected chi connectivity index (χ3v) is 3.50. The number of anilines is 2. The van der Waals surface area contributed by atoms with Gasteiger partial charge in [0.2, 0.25) is 0 Å². The van der Waals surface area contributed by atoms with E-state index in [0.717, 1.165) is 37.4 Å². The summed E-state index contributed by atoms with van der Waals surface area (Å²) in [4.78, 5) is 10.9. The van der Waals surface area contributed by atoms with E-state index in [9.17, 15) is 0 Å². The van der Waals surface area contributed by atoms with Crippen LogP contribution in [0, 0.1) is 0 Å². The van der Waals surface area contributed by atoms with Gasteiger partial charge in [0.1, 0.15) is 5.82 Å². The summed E-state index contributed by atoms with van der Waals surface area (Å²) in [5, 5.41) is 3.54. The topological polar surface area (TPSA) is 41.0 Å². The maximum absolute atomic E-state index is 4.41. The van der Waals surface area contributed by atoms with Gasteiger partial charge in [-0.25, -0.2) is 4.98 Å². The SMILES string of the molecule is c1ccc(N2CCC(Nc3cccnc3)CC2)nc1. The van der Waals surface area contributed by atoms with Crippen molar-refractivity contribution in [1.29, 1.82) is 0 Å². The number of nitrogens with zero attached hydrogens (tertiary/aromatic N) is 3. The molecule has 4 nitrogen and oxygen atoms in total. The Balaban J connectivity index is 1.55. The first-order valence-electron chi connectivity index (χ1n) is 6.74. The maximum atomic E-state index is 4.41. The van der Waals surface area contributed by atoms with E-state index >= 15 is 0 Å². The molecule has 1 saturated heterocycles. The molecule has 2 aromatic rings. The number of aromatic nitrogens is 2. The van der Waals surface area contributed by atoms with Crippen molar-refractivity contribution >= 4 is 11.5 Å². The molecule has 0 amide bonds. The maximum Gasteiger partial charge on any atom is 0.128 e. The Hall–Kier alpha value is -2.10. The first-order valence-corrected chi connectivity index (χ1v) is 6.74. The quantitative estimate of drug-likeness (QED) is 0.914. The van der Waals surface area contributed by atoms with Crippen LogP contribution in [0.4, 0.5) is 11.5 Å². The van der Waals surface area contributed by atoms with Crippen molar-refractivity contribution in [3.05, 3.63) is 48.9 Å². The van der Waals surface area contributed by atoms with Gasteiger partial charge >= 0.3 is 0 Å². The largest absolute Gasteiger partial charge is 0.381 e. The van der Waals surface area contributed by atoms with Crippen molar-refractivity contribution in [3.8, 4) is 0 Å². The Morgan fingerprint density at radius 2 is 1.95 bits per heavy atom. The molecular weight excluding hydrogens is 236 g/mol. The first-order chi connectivity index (χ1) is 9.42. The standard InChI is InChI=1S/C15H18N4/c1-2-9-17-15(5-1)19-10-6-13(7-11-19)18-14-4-3-8-16-12-14/h1-5,8-9,12-13,18H,6-7,10-11H2. The van der Waals surface area contributed by atoms with Gasteiger partial charge in [-0.05, 0) is 37.1 Å². The monoisotopic (exact) mass is 254 g/mol. The van der Waals surface area contributed by atoms with Crippen LogP contribution in [0.1, 0.15) is 12.8 Å². The summed E-state index contributed by atoms with van der Waals surface area (Å²) in [5.74, 6) is 1.09. The third kappa shape index (κ3) is 3.02. The highest BCUT2D eigenvalue weighted by molar-refractivity contribution is 5.42. The number of hydrogen-bond acceptors (Lipinski definition) is 4. The normalized spacial score (nSPS) is 16.3. The van der Waals surface area contributed by atoms with Gasteiger partial charge in [-0.15, -0.1) is 0 Å². The van der Waals surface area contributed by atoms with E-state index in [4.69, 9.17) is 0 Å². The summed E-state index contributed by atoms with van der Waals surface area (Å²) < 4.78 is 0. The zero-order valence-electron chi connectivity index (χ0n) is 10.9. The molecule has 4 heteroatoms. The predicted octanol–water partition coefficient (Wildman–Crippen LogP) is 2.56. The molecule has 1 aliphatic heterocycles. The molecule has 1 aliphatic rings. The van der Waals surface area contributed by atoms with Crippen LogP contribution in [-0.2, 0) is 0 Å². The van der Waals surface area contributed by atoms with Crippen LogP contribution in [0.3, 0.4) is 0 Å². The molecule has 0 radical (unpaired) electrons. The van der Waals surface area contributed by atoms with Crippen molar-refractivity contribution in [1.82, 2.24) is 9.97 Å². The molecular formula is C15H18N4. The summed E-state index contributed by atoms with van der Waals surface area (Å²) in [5.41, 5.74) is 1.11. The minimum Gasteiger partial charge on any atom is -0.381 e. The van der Waals surface area contributed by atoms with E-state index in [2.05, 4.69) is 32.3 Å². The Kier molecular flexibility index (Phi) is 3.58. The number of nitrogens with one attached hydrogen (secondary N) is 1. The highest BCUT2D eigenvalue weighted by Gasteiger charge is 2.19. The average Bonchev–Trinajstić information content (AvgIpc) is 2.50. The van der Waals surface area contributed by atoms with Crippen molar-refractivity contribution in [3.63, 3.8) is 0 Å². The fourth-order valence-electron chi connectivity index (χ4n) is 2.48. The van der Waals surface area contributed by atoms with E-state index in [1.807, 2.05) is 30.6 Å². The molecule has 1 fully saturated rings. The van der Waals surface area contributed by atoms with Crippen molar-refractivity contribution in [2.24, 2.45) is 0 Å². The molecule has 0 bridgehead atoms. The van der Waals surface area contributed by atoms with Crippen molar-refractivity contribution in [2.45, 2.75) is 18.9 Å². The molecule has 3 rings (SSSR count). The fourth-order valence-corrected chi connectivity index (χ4v) is 2.48. The zero-order chi connectivity index (χ0) is 12.9. The van der Waals surface area contributed by atoms with Crippen LogP contribution in [0.25, 0.3) is 0 Å². The van der Waals surface area contributed by atoms with Gasteiger partial charge in [0.05, 0.1) is 5.69 Å². The molecule has 0 aliphatic carbocycles. The molecule has 0 saturated carbocycles. The molecule has 2 aromatic heterocycles. The third-order valence-electron chi connectivity index (χ3n) is 3.50. The molecule has 3 heterocycles. The number of rotatable bonds is 3. The number of piperidine rings is 1. The van der Waals surface area contributed by atoms with Crippen LogP contribution in [0.5, 0.6) is 0 Å². The van der Waals surface area contributed by atoms with E-state index in [1.165, 1.54) is 0 Å². The van der Waals surface area contributed by atoms with E-state index in [0.29, 0.717) is 6.04 Å². The van der Waals surface area contributed by atoms with E-state index in [1.54, 1.807) is 6.20 Å². The molecule has 0 spiro atoms. The summed E-state index contributed by atoms with van der Waals surface area (Å²) in [6.07, 6.45) is 7.80. The minimum absolute atomic E-state index is 0.532. The number of pyridine rings is 2. The highest BCUT2D eigenvalue weighted by atomic mass is 15.2. The van der Waals surface area contributed by atoms with Gasteiger partial charge < -0.3 is 10.2 Å². The molecule has 1 N–H and O–H groups in total. The molecule has 19 heavy (non-hydrogen) atoms. The Morgan fingerprint density at radius 1 is 1.05 bits per heavy atom. The van der Waals surface area contributed by atoms with Crippen LogP contribution >= 0.6 is 0 Å². The van der Waals surface area contributed by atoms with Gasteiger partial charge in [-0.1, -0.05) is 6.07 Å². The smallest absolute Gasteiger partial charge is 0.128 e. The lowest BCUT2D eigenvalue weighted by Gasteiger charge is -2.33. The second-order valence-electron chi connectivity index (χ2n) is 4.84. The Labute approximate surface area is 113 Å². The van der Waals surface area contributed by atoms with Gasteiger partial charge in [-0.2, -0.15) is 0 Å². The summed E-state index contributed by atoms with van der Waals surface area (Å²) in [6, 6.07) is 10.6. The van der Waals surface area contributed by atoms with Crippen molar-refractivity contribution < 1.29 is 0 Å².